The quantitative estimate of drug-likeness (QED) is 0.538. The summed E-state index contributed by atoms with van der Waals surface area (Å²) in [6.45, 7) is 2.14. The standard InChI is InChI=1S/C24H29ClO7/c1-12-7-13-3-4-15(10-31-24-23(29)22(28)19(27)11-32-24)21(16(13)9-17(12)25)14-5-6-18(26)20(8-14)30-2/h5-9,15,19,21-24,26-29H,3-4,10-11H2,1-2H3/t15?,19-,21+,22+,23-,24-/m1/s1. The molecular formula is C24H29ClO7. The van der Waals surface area contributed by atoms with E-state index in [9.17, 15) is 20.4 Å². The summed E-state index contributed by atoms with van der Waals surface area (Å²) in [4.78, 5) is 0. The second-order valence-electron chi connectivity index (χ2n) is 8.59. The Balaban J connectivity index is 1.64. The molecular weight excluding hydrogens is 436 g/mol. The number of aryl methyl sites for hydroxylation is 2. The number of hydrogen-bond acceptors (Lipinski definition) is 7. The normalized spacial score (nSPS) is 30.1. The molecule has 0 saturated carbocycles. The highest BCUT2D eigenvalue weighted by atomic mass is 35.5. The maximum absolute atomic E-state index is 10.2. The maximum Gasteiger partial charge on any atom is 0.186 e. The van der Waals surface area contributed by atoms with E-state index >= 15 is 0 Å². The summed E-state index contributed by atoms with van der Waals surface area (Å²) in [5, 5.41) is 40.6. The number of phenolic OH excluding ortho intramolecular Hbond substituents is 1. The van der Waals surface area contributed by atoms with Crippen LogP contribution in [0.2, 0.25) is 5.02 Å². The van der Waals surface area contributed by atoms with E-state index in [2.05, 4.69) is 6.07 Å². The van der Waals surface area contributed by atoms with Gasteiger partial charge in [0.2, 0.25) is 0 Å². The average molecular weight is 465 g/mol. The molecule has 0 amide bonds. The van der Waals surface area contributed by atoms with E-state index < -0.39 is 24.6 Å². The van der Waals surface area contributed by atoms with Crippen LogP contribution in [-0.4, -0.2) is 65.4 Å². The van der Waals surface area contributed by atoms with E-state index in [-0.39, 0.29) is 30.8 Å². The van der Waals surface area contributed by atoms with Gasteiger partial charge >= 0.3 is 0 Å². The lowest BCUT2D eigenvalue weighted by Crippen LogP contribution is -2.54. The zero-order valence-corrected chi connectivity index (χ0v) is 18.8. The van der Waals surface area contributed by atoms with Crippen molar-refractivity contribution in [3.05, 3.63) is 57.6 Å². The van der Waals surface area contributed by atoms with E-state index in [4.69, 9.17) is 25.8 Å². The van der Waals surface area contributed by atoms with Crippen LogP contribution in [0.5, 0.6) is 11.5 Å². The fourth-order valence-corrected chi connectivity index (χ4v) is 4.86. The van der Waals surface area contributed by atoms with Crippen LogP contribution in [0.3, 0.4) is 0 Å². The number of phenols is 1. The molecule has 7 nitrogen and oxygen atoms in total. The predicted molar refractivity (Wildman–Crippen MR) is 118 cm³/mol. The zero-order chi connectivity index (χ0) is 23.0. The molecule has 32 heavy (non-hydrogen) atoms. The van der Waals surface area contributed by atoms with Crippen molar-refractivity contribution in [1.82, 2.24) is 0 Å². The number of halogens is 1. The van der Waals surface area contributed by atoms with Gasteiger partial charge in [0.25, 0.3) is 0 Å². The van der Waals surface area contributed by atoms with Crippen molar-refractivity contribution in [3.63, 3.8) is 0 Å². The number of hydrogen-bond donors (Lipinski definition) is 4. The molecule has 2 aliphatic rings. The van der Waals surface area contributed by atoms with Crippen LogP contribution in [0.15, 0.2) is 30.3 Å². The predicted octanol–water partition coefficient (Wildman–Crippen LogP) is 2.51. The Bertz CT molecular complexity index is 966. The van der Waals surface area contributed by atoms with Crippen molar-refractivity contribution in [2.24, 2.45) is 5.92 Å². The molecule has 1 saturated heterocycles. The van der Waals surface area contributed by atoms with Gasteiger partial charge in [0.15, 0.2) is 17.8 Å². The molecule has 174 valence electrons. The van der Waals surface area contributed by atoms with Crippen LogP contribution in [0, 0.1) is 12.8 Å². The van der Waals surface area contributed by atoms with Gasteiger partial charge in [-0.25, -0.2) is 0 Å². The average Bonchev–Trinajstić information content (AvgIpc) is 2.78. The van der Waals surface area contributed by atoms with Crippen molar-refractivity contribution in [3.8, 4) is 11.5 Å². The summed E-state index contributed by atoms with van der Waals surface area (Å²) >= 11 is 6.48. The first-order valence-electron chi connectivity index (χ1n) is 10.7. The SMILES string of the molecule is COc1cc([C@@H]2c3cc(Cl)c(C)cc3CCC2CO[C@@H]2OC[C@@H](O)[C@H](O)[C@H]2O)ccc1O. The monoisotopic (exact) mass is 464 g/mol. The number of aliphatic hydroxyl groups is 3. The van der Waals surface area contributed by atoms with E-state index in [0.717, 1.165) is 29.5 Å². The van der Waals surface area contributed by atoms with Crippen molar-refractivity contribution in [1.29, 1.82) is 0 Å². The highest BCUT2D eigenvalue weighted by Gasteiger charge is 2.39. The molecule has 4 rings (SSSR count). The molecule has 1 fully saturated rings. The third kappa shape index (κ3) is 4.46. The first kappa shape index (κ1) is 23.3. The zero-order valence-electron chi connectivity index (χ0n) is 18.1. The molecule has 6 atom stereocenters. The van der Waals surface area contributed by atoms with Gasteiger partial charge in [-0.15, -0.1) is 0 Å². The molecule has 1 heterocycles. The lowest BCUT2D eigenvalue weighted by Gasteiger charge is -2.38. The summed E-state index contributed by atoms with van der Waals surface area (Å²) in [6.07, 6.45) is -3.14. The Hall–Kier alpha value is -1.87. The van der Waals surface area contributed by atoms with Crippen LogP contribution < -0.4 is 4.74 Å². The third-order valence-electron chi connectivity index (χ3n) is 6.50. The summed E-state index contributed by atoms with van der Waals surface area (Å²) in [5.74, 6) is 0.391. The second kappa shape index (κ2) is 9.55. The van der Waals surface area contributed by atoms with Gasteiger partial charge in [-0.2, -0.15) is 0 Å². The van der Waals surface area contributed by atoms with Crippen molar-refractivity contribution in [2.45, 2.75) is 50.3 Å². The van der Waals surface area contributed by atoms with Crippen molar-refractivity contribution in [2.75, 3.05) is 20.3 Å². The van der Waals surface area contributed by atoms with E-state index in [0.29, 0.717) is 10.8 Å². The first-order valence-corrected chi connectivity index (χ1v) is 11.1. The number of fused-ring (bicyclic) bond motifs is 1. The first-order chi connectivity index (χ1) is 15.3. The van der Waals surface area contributed by atoms with Crippen LogP contribution >= 0.6 is 11.6 Å². The van der Waals surface area contributed by atoms with E-state index in [1.54, 1.807) is 6.07 Å². The van der Waals surface area contributed by atoms with Gasteiger partial charge in [-0.3, -0.25) is 0 Å². The molecule has 1 unspecified atom stereocenters. The van der Waals surface area contributed by atoms with Crippen molar-refractivity contribution < 1.29 is 34.6 Å². The van der Waals surface area contributed by atoms with E-state index in [1.165, 1.54) is 12.7 Å². The fraction of sp³-hybridized carbons (Fsp3) is 0.500. The molecule has 4 N–H and O–H groups in total. The topological polar surface area (TPSA) is 109 Å². The van der Waals surface area contributed by atoms with Crippen LogP contribution in [0.1, 0.15) is 34.6 Å². The van der Waals surface area contributed by atoms with Crippen LogP contribution in [-0.2, 0) is 15.9 Å². The molecule has 0 bridgehead atoms. The Morgan fingerprint density at radius 3 is 2.66 bits per heavy atom. The highest BCUT2D eigenvalue weighted by Crippen LogP contribution is 2.44. The molecule has 0 aromatic heterocycles. The Morgan fingerprint density at radius 1 is 1.12 bits per heavy atom. The fourth-order valence-electron chi connectivity index (χ4n) is 4.69. The molecule has 1 aliphatic heterocycles. The number of aliphatic hydroxyl groups excluding tert-OH is 3. The summed E-state index contributed by atoms with van der Waals surface area (Å²) in [7, 11) is 1.51. The van der Waals surface area contributed by atoms with Crippen LogP contribution in [0.4, 0.5) is 0 Å². The Morgan fingerprint density at radius 2 is 1.91 bits per heavy atom. The molecule has 8 heteroatoms. The second-order valence-corrected chi connectivity index (χ2v) is 9.00. The minimum Gasteiger partial charge on any atom is -0.504 e. The van der Waals surface area contributed by atoms with E-state index in [1.807, 2.05) is 25.1 Å². The summed E-state index contributed by atoms with van der Waals surface area (Å²) in [5.41, 5.74) is 4.28. The summed E-state index contributed by atoms with van der Waals surface area (Å²) in [6, 6.07) is 9.41. The molecule has 0 radical (unpaired) electrons. The summed E-state index contributed by atoms with van der Waals surface area (Å²) < 4.78 is 16.6. The lowest BCUT2D eigenvalue weighted by molar-refractivity contribution is -0.273. The van der Waals surface area contributed by atoms with Gasteiger partial charge in [0, 0.05) is 10.9 Å². The minimum atomic E-state index is -1.33. The van der Waals surface area contributed by atoms with Gasteiger partial charge in [-0.05, 0) is 66.1 Å². The Labute approximate surface area is 192 Å². The van der Waals surface area contributed by atoms with Gasteiger partial charge in [0.05, 0.1) is 20.3 Å². The Kier molecular flexibility index (Phi) is 6.95. The third-order valence-corrected chi connectivity index (χ3v) is 6.91. The molecule has 2 aromatic rings. The minimum absolute atomic E-state index is 0.0234. The largest absolute Gasteiger partial charge is 0.504 e. The van der Waals surface area contributed by atoms with Gasteiger partial charge < -0.3 is 34.6 Å². The molecule has 0 spiro atoms. The van der Waals surface area contributed by atoms with Gasteiger partial charge in [-0.1, -0.05) is 23.7 Å². The van der Waals surface area contributed by atoms with Crippen molar-refractivity contribution >= 4 is 11.6 Å². The molecule has 2 aromatic carbocycles. The highest BCUT2D eigenvalue weighted by molar-refractivity contribution is 6.31. The maximum atomic E-state index is 10.2. The number of aromatic hydroxyl groups is 1. The number of ether oxygens (including phenoxy) is 3. The number of methoxy groups -OCH3 is 1. The smallest absolute Gasteiger partial charge is 0.186 e. The lowest BCUT2D eigenvalue weighted by atomic mass is 9.71. The number of benzene rings is 2. The molecule has 1 aliphatic carbocycles. The number of rotatable bonds is 5. The van der Waals surface area contributed by atoms with Gasteiger partial charge in [0.1, 0.15) is 18.3 Å². The van der Waals surface area contributed by atoms with Crippen LogP contribution in [0.25, 0.3) is 0 Å².